The van der Waals surface area contributed by atoms with Crippen LogP contribution in [0.25, 0.3) is 0 Å². The number of halogens is 1. The molecule has 1 N–H and O–H groups in total. The van der Waals surface area contributed by atoms with Gasteiger partial charge in [-0.1, -0.05) is 29.9 Å². The average molecular weight is 424 g/mol. The molecule has 6 rings (SSSR count). The van der Waals surface area contributed by atoms with Crippen LogP contribution in [0.15, 0.2) is 47.1 Å². The van der Waals surface area contributed by atoms with Crippen LogP contribution in [0.5, 0.6) is 0 Å². The maximum Gasteiger partial charge on any atom is 0.119 e. The van der Waals surface area contributed by atoms with Crippen LogP contribution in [0.3, 0.4) is 0 Å². The van der Waals surface area contributed by atoms with E-state index in [-0.39, 0.29) is 12.2 Å². The second-order valence-electron chi connectivity index (χ2n) is 11.0. The Bertz CT molecular complexity index is 804. The van der Waals surface area contributed by atoms with Crippen molar-refractivity contribution in [1.82, 2.24) is 5.32 Å². The summed E-state index contributed by atoms with van der Waals surface area (Å²) in [5.74, 6) is 3.60. The lowest BCUT2D eigenvalue weighted by atomic mass is 9.67. The molecule has 2 saturated heterocycles. The van der Waals surface area contributed by atoms with Crippen molar-refractivity contribution < 1.29 is 9.13 Å². The molecule has 2 aliphatic heterocycles. The van der Waals surface area contributed by atoms with Crippen LogP contribution >= 0.6 is 0 Å². The summed E-state index contributed by atoms with van der Waals surface area (Å²) in [6.45, 7) is 2.39. The molecule has 0 aromatic rings. The predicted molar refractivity (Wildman–Crippen MR) is 123 cm³/mol. The maximum atomic E-state index is 14.0. The molecule has 0 saturated carbocycles. The van der Waals surface area contributed by atoms with Crippen LogP contribution in [0.4, 0.5) is 4.39 Å². The minimum absolute atomic E-state index is 0.205. The van der Waals surface area contributed by atoms with Crippen molar-refractivity contribution in [3.8, 4) is 0 Å². The predicted octanol–water partition coefficient (Wildman–Crippen LogP) is 6.07. The first-order chi connectivity index (χ1) is 15.3. The highest BCUT2D eigenvalue weighted by Crippen LogP contribution is 2.51. The summed E-state index contributed by atoms with van der Waals surface area (Å²) in [7, 11) is 0. The molecule has 0 radical (unpaired) electrons. The Labute approximate surface area is 187 Å². The molecule has 2 fully saturated rings. The summed E-state index contributed by atoms with van der Waals surface area (Å²) in [4.78, 5) is 0. The van der Waals surface area contributed by atoms with E-state index in [1.54, 1.807) is 5.57 Å². The number of hydrogen-bond acceptors (Lipinski definition) is 2. The standard InChI is InChI=1S/C28H38FNO/c29-23-4-1-3-21(15-23)24-5-2-6-25-26-16-20(11-12-27(26)31-28(24)25)18-7-9-19(10-8-18)22-13-14-30-17-22/h5,9,11-12,15,18,20,22-23,25-28,30H,1-4,6-8,10,13-14,16-17H2. The Morgan fingerprint density at radius 3 is 2.77 bits per heavy atom. The molecule has 3 heteroatoms. The third-order valence-corrected chi connectivity index (χ3v) is 9.28. The number of alkyl halides is 1. The zero-order chi connectivity index (χ0) is 20.8. The van der Waals surface area contributed by atoms with Crippen LogP contribution in [-0.4, -0.2) is 31.5 Å². The Morgan fingerprint density at radius 2 is 1.97 bits per heavy atom. The summed E-state index contributed by atoms with van der Waals surface area (Å²) in [5, 5.41) is 3.53. The van der Waals surface area contributed by atoms with E-state index >= 15 is 0 Å². The number of allylic oxidation sites excluding steroid dienone is 4. The Morgan fingerprint density at radius 1 is 1.00 bits per heavy atom. The smallest absolute Gasteiger partial charge is 0.119 e. The molecular formula is C28H38FNO. The fourth-order valence-corrected chi connectivity index (χ4v) is 7.58. The molecular weight excluding hydrogens is 385 g/mol. The first-order valence-corrected chi connectivity index (χ1v) is 13.0. The van der Waals surface area contributed by atoms with Crippen molar-refractivity contribution in [2.75, 3.05) is 13.1 Å². The molecule has 0 bridgehead atoms. The van der Waals surface area contributed by atoms with Gasteiger partial charge in [-0.25, -0.2) is 4.39 Å². The van der Waals surface area contributed by atoms with E-state index in [2.05, 4.69) is 29.6 Å². The van der Waals surface area contributed by atoms with Crippen LogP contribution in [0.2, 0.25) is 0 Å². The monoisotopic (exact) mass is 423 g/mol. The molecule has 0 aromatic carbocycles. The number of hydrogen-bond donors (Lipinski definition) is 1. The minimum atomic E-state index is -0.762. The third kappa shape index (κ3) is 3.91. The highest BCUT2D eigenvalue weighted by atomic mass is 19.1. The van der Waals surface area contributed by atoms with Gasteiger partial charge < -0.3 is 10.1 Å². The van der Waals surface area contributed by atoms with Crippen LogP contribution in [-0.2, 0) is 4.74 Å². The molecule has 2 nitrogen and oxygen atoms in total. The second-order valence-corrected chi connectivity index (χ2v) is 11.0. The molecule has 0 amide bonds. The Kier molecular flexibility index (Phi) is 5.68. The van der Waals surface area contributed by atoms with Gasteiger partial charge in [0.25, 0.3) is 0 Å². The van der Waals surface area contributed by atoms with Gasteiger partial charge in [-0.05, 0) is 118 Å². The highest BCUT2D eigenvalue weighted by Gasteiger charge is 2.48. The van der Waals surface area contributed by atoms with Gasteiger partial charge in [-0.3, -0.25) is 0 Å². The number of fused-ring (bicyclic) bond motifs is 3. The van der Waals surface area contributed by atoms with Crippen LogP contribution < -0.4 is 5.32 Å². The van der Waals surface area contributed by atoms with Gasteiger partial charge in [0.15, 0.2) is 0 Å². The van der Waals surface area contributed by atoms with Crippen molar-refractivity contribution in [2.45, 2.75) is 82.6 Å². The largest absolute Gasteiger partial charge is 0.366 e. The Hall–Kier alpha value is -1.19. The molecule has 31 heavy (non-hydrogen) atoms. The lowest BCUT2D eigenvalue weighted by Crippen LogP contribution is -2.31. The van der Waals surface area contributed by atoms with E-state index in [0.717, 1.165) is 31.1 Å². The highest BCUT2D eigenvalue weighted by molar-refractivity contribution is 5.39. The zero-order valence-corrected chi connectivity index (χ0v) is 18.8. The van der Waals surface area contributed by atoms with Crippen molar-refractivity contribution in [3.63, 3.8) is 0 Å². The van der Waals surface area contributed by atoms with Gasteiger partial charge in [0.1, 0.15) is 6.17 Å². The first-order valence-electron chi connectivity index (χ1n) is 13.0. The lowest BCUT2D eigenvalue weighted by Gasteiger charge is -2.36. The normalized spacial score (nSPS) is 44.9. The summed E-state index contributed by atoms with van der Waals surface area (Å²) in [5.41, 5.74) is 4.32. The number of rotatable bonds is 3. The second kappa shape index (κ2) is 8.63. The number of ether oxygens (including phenoxy) is 1. The van der Waals surface area contributed by atoms with Gasteiger partial charge in [0.05, 0.1) is 12.2 Å². The molecule has 0 spiro atoms. The first kappa shape index (κ1) is 20.4. The molecule has 4 aliphatic carbocycles. The quantitative estimate of drug-likeness (QED) is 0.557. The summed E-state index contributed by atoms with van der Waals surface area (Å²) >= 11 is 0. The van der Waals surface area contributed by atoms with Crippen molar-refractivity contribution in [2.24, 2.45) is 29.6 Å². The molecule has 8 atom stereocenters. The van der Waals surface area contributed by atoms with Gasteiger partial charge >= 0.3 is 0 Å². The van der Waals surface area contributed by atoms with Crippen molar-refractivity contribution in [3.05, 3.63) is 47.1 Å². The fraction of sp³-hybridized carbons (Fsp3) is 0.714. The van der Waals surface area contributed by atoms with E-state index in [0.29, 0.717) is 24.2 Å². The van der Waals surface area contributed by atoms with Crippen LogP contribution in [0.1, 0.15) is 64.2 Å². The molecule has 8 unspecified atom stereocenters. The van der Waals surface area contributed by atoms with Gasteiger partial charge in [-0.2, -0.15) is 0 Å². The number of nitrogens with one attached hydrogen (secondary N) is 1. The molecule has 0 aromatic heterocycles. The van der Waals surface area contributed by atoms with E-state index < -0.39 is 6.17 Å². The summed E-state index contributed by atoms with van der Waals surface area (Å²) in [6, 6.07) is 0. The zero-order valence-electron chi connectivity index (χ0n) is 18.8. The van der Waals surface area contributed by atoms with Gasteiger partial charge in [-0.15, -0.1) is 0 Å². The summed E-state index contributed by atoms with van der Waals surface area (Å²) < 4.78 is 20.7. The molecule has 168 valence electrons. The SMILES string of the molecule is FC1C=C(C2=CCCC3C2OC2C=CC(C4CC=C(C5CCNC5)CC4)CC23)CCC1. The van der Waals surface area contributed by atoms with Gasteiger partial charge in [0.2, 0.25) is 0 Å². The molecule has 2 heterocycles. The summed E-state index contributed by atoms with van der Waals surface area (Å²) in [6.07, 6.45) is 23.1. The van der Waals surface area contributed by atoms with Crippen molar-refractivity contribution >= 4 is 0 Å². The van der Waals surface area contributed by atoms with E-state index in [4.69, 9.17) is 4.74 Å². The average Bonchev–Trinajstić information content (AvgIpc) is 3.47. The topological polar surface area (TPSA) is 21.3 Å². The van der Waals surface area contributed by atoms with E-state index in [1.165, 1.54) is 62.8 Å². The molecule has 6 aliphatic rings. The fourth-order valence-electron chi connectivity index (χ4n) is 7.58. The van der Waals surface area contributed by atoms with Crippen LogP contribution in [0, 0.1) is 29.6 Å². The minimum Gasteiger partial charge on any atom is -0.366 e. The Balaban J connectivity index is 1.14. The van der Waals surface area contributed by atoms with E-state index in [9.17, 15) is 4.39 Å². The maximum absolute atomic E-state index is 14.0. The van der Waals surface area contributed by atoms with Gasteiger partial charge in [0, 0.05) is 6.54 Å². The van der Waals surface area contributed by atoms with E-state index in [1.807, 2.05) is 6.08 Å². The lowest BCUT2D eigenvalue weighted by molar-refractivity contribution is 0.0684. The third-order valence-electron chi connectivity index (χ3n) is 9.28. The van der Waals surface area contributed by atoms with Crippen molar-refractivity contribution in [1.29, 1.82) is 0 Å².